The summed E-state index contributed by atoms with van der Waals surface area (Å²) in [6.45, 7) is 4.94. The van der Waals surface area contributed by atoms with Crippen LogP contribution in [0.1, 0.15) is 25.5 Å². The van der Waals surface area contributed by atoms with E-state index in [2.05, 4.69) is 24.5 Å². The molecule has 0 saturated heterocycles. The van der Waals surface area contributed by atoms with E-state index in [4.69, 9.17) is 0 Å². The summed E-state index contributed by atoms with van der Waals surface area (Å²) in [4.78, 5) is 0. The second-order valence-electron chi connectivity index (χ2n) is 4.15. The number of phenols is 2. The van der Waals surface area contributed by atoms with Crippen molar-refractivity contribution in [3.05, 3.63) is 23.8 Å². The van der Waals surface area contributed by atoms with Gasteiger partial charge >= 0.3 is 0 Å². The van der Waals surface area contributed by atoms with Gasteiger partial charge < -0.3 is 20.8 Å². The van der Waals surface area contributed by atoms with Crippen LogP contribution in [0.5, 0.6) is 11.5 Å². The van der Waals surface area contributed by atoms with Crippen molar-refractivity contribution in [3.8, 4) is 11.5 Å². The van der Waals surface area contributed by atoms with E-state index in [-0.39, 0.29) is 17.5 Å². The average Bonchev–Trinajstić information content (AvgIpc) is 2.23. The first-order valence-electron chi connectivity index (χ1n) is 5.47. The van der Waals surface area contributed by atoms with Crippen molar-refractivity contribution in [3.63, 3.8) is 0 Å². The number of nitrogens with one attached hydrogen (secondary N) is 2. The van der Waals surface area contributed by atoms with Crippen LogP contribution < -0.4 is 10.6 Å². The Balaban J connectivity index is 2.74. The van der Waals surface area contributed by atoms with Gasteiger partial charge in [0.15, 0.2) is 11.5 Å². The number of benzene rings is 1. The van der Waals surface area contributed by atoms with Gasteiger partial charge in [-0.15, -0.1) is 0 Å². The van der Waals surface area contributed by atoms with Crippen LogP contribution in [-0.4, -0.2) is 29.8 Å². The van der Waals surface area contributed by atoms with Gasteiger partial charge in [0.1, 0.15) is 0 Å². The van der Waals surface area contributed by atoms with Crippen molar-refractivity contribution < 1.29 is 10.2 Å². The molecule has 1 aromatic carbocycles. The molecule has 0 aliphatic heterocycles. The number of aromatic hydroxyl groups is 2. The van der Waals surface area contributed by atoms with Gasteiger partial charge in [0.2, 0.25) is 0 Å². The zero-order chi connectivity index (χ0) is 12.1. The molecule has 1 unspecified atom stereocenters. The minimum Gasteiger partial charge on any atom is -0.504 e. The Morgan fingerprint density at radius 1 is 1.19 bits per heavy atom. The molecule has 90 valence electrons. The summed E-state index contributed by atoms with van der Waals surface area (Å²) in [5, 5.41) is 25.1. The van der Waals surface area contributed by atoms with E-state index in [1.54, 1.807) is 12.1 Å². The van der Waals surface area contributed by atoms with Crippen molar-refractivity contribution in [2.24, 2.45) is 0 Å². The Bertz CT molecular complexity index is 340. The molecule has 0 radical (unpaired) electrons. The molecule has 0 aliphatic carbocycles. The maximum absolute atomic E-state index is 9.42. The van der Waals surface area contributed by atoms with Crippen LogP contribution in [0.4, 0.5) is 0 Å². The molecule has 0 bridgehead atoms. The van der Waals surface area contributed by atoms with E-state index in [0.29, 0.717) is 6.04 Å². The first kappa shape index (κ1) is 12.8. The summed E-state index contributed by atoms with van der Waals surface area (Å²) in [7, 11) is 1.87. The van der Waals surface area contributed by atoms with Crippen LogP contribution in [0.3, 0.4) is 0 Å². The molecule has 1 atom stereocenters. The molecule has 4 N–H and O–H groups in total. The number of hydrogen-bond acceptors (Lipinski definition) is 4. The number of likely N-dealkylation sites (N-methyl/N-ethyl adjacent to an activating group) is 1. The van der Waals surface area contributed by atoms with Crippen LogP contribution in [0, 0.1) is 0 Å². The van der Waals surface area contributed by atoms with Crippen molar-refractivity contribution in [1.82, 2.24) is 10.6 Å². The van der Waals surface area contributed by atoms with Crippen LogP contribution in [-0.2, 0) is 0 Å². The lowest BCUT2D eigenvalue weighted by Gasteiger charge is -2.19. The van der Waals surface area contributed by atoms with E-state index in [0.717, 1.165) is 12.1 Å². The Kier molecular flexibility index (Phi) is 4.58. The predicted octanol–water partition coefficient (Wildman–Crippen LogP) is 1.36. The van der Waals surface area contributed by atoms with Gasteiger partial charge in [0, 0.05) is 18.6 Å². The molecule has 0 fully saturated rings. The Labute approximate surface area is 96.3 Å². The van der Waals surface area contributed by atoms with E-state index >= 15 is 0 Å². The van der Waals surface area contributed by atoms with E-state index < -0.39 is 0 Å². The maximum atomic E-state index is 9.42. The molecule has 4 nitrogen and oxygen atoms in total. The third-order valence-corrected chi connectivity index (χ3v) is 2.48. The Hall–Kier alpha value is -1.26. The van der Waals surface area contributed by atoms with Crippen molar-refractivity contribution in [1.29, 1.82) is 0 Å². The minimum absolute atomic E-state index is 0.0812. The summed E-state index contributed by atoms with van der Waals surface area (Å²) in [6, 6.07) is 5.43. The highest BCUT2D eigenvalue weighted by atomic mass is 16.3. The average molecular weight is 224 g/mol. The highest BCUT2D eigenvalue weighted by Gasteiger charge is 2.11. The first-order chi connectivity index (χ1) is 7.54. The quantitative estimate of drug-likeness (QED) is 0.570. The topological polar surface area (TPSA) is 64.5 Å². The number of hydrogen-bond donors (Lipinski definition) is 4. The second-order valence-corrected chi connectivity index (χ2v) is 4.15. The molecule has 0 heterocycles. The summed E-state index contributed by atoms with van der Waals surface area (Å²) in [6.07, 6.45) is 0. The molecule has 1 aromatic rings. The largest absolute Gasteiger partial charge is 0.504 e. The van der Waals surface area contributed by atoms with Crippen LogP contribution in [0.15, 0.2) is 18.2 Å². The lowest BCUT2D eigenvalue weighted by molar-refractivity contribution is 0.401. The molecule has 0 aromatic heterocycles. The van der Waals surface area contributed by atoms with Crippen molar-refractivity contribution >= 4 is 0 Å². The molecule has 4 heteroatoms. The molecule has 1 rings (SSSR count). The number of rotatable bonds is 5. The predicted molar refractivity (Wildman–Crippen MR) is 64.7 cm³/mol. The standard InChI is InChI=1S/C12H20N2O2/c1-8(2)14-7-10(13-3)9-4-5-11(15)12(16)6-9/h4-6,8,10,13-16H,7H2,1-3H3. The summed E-state index contributed by atoms with van der Waals surface area (Å²) >= 11 is 0. The van der Waals surface area contributed by atoms with E-state index in [1.165, 1.54) is 6.07 Å². The fourth-order valence-corrected chi connectivity index (χ4v) is 1.50. The van der Waals surface area contributed by atoms with Crippen LogP contribution in [0.25, 0.3) is 0 Å². The summed E-state index contributed by atoms with van der Waals surface area (Å²) in [5.41, 5.74) is 0.950. The molecule has 0 spiro atoms. The van der Waals surface area contributed by atoms with Crippen LogP contribution >= 0.6 is 0 Å². The van der Waals surface area contributed by atoms with Gasteiger partial charge in [-0.05, 0) is 24.7 Å². The Morgan fingerprint density at radius 3 is 2.38 bits per heavy atom. The highest BCUT2D eigenvalue weighted by molar-refractivity contribution is 5.41. The molecule has 0 amide bonds. The molecule has 0 saturated carbocycles. The summed E-state index contributed by atoms with van der Waals surface area (Å²) < 4.78 is 0. The monoisotopic (exact) mass is 224 g/mol. The third kappa shape index (κ3) is 3.40. The van der Waals surface area contributed by atoms with Gasteiger partial charge in [-0.2, -0.15) is 0 Å². The normalized spacial score (nSPS) is 13.0. The fraction of sp³-hybridized carbons (Fsp3) is 0.500. The second kappa shape index (κ2) is 5.72. The Morgan fingerprint density at radius 2 is 1.88 bits per heavy atom. The fourth-order valence-electron chi connectivity index (χ4n) is 1.50. The summed E-state index contributed by atoms with van der Waals surface area (Å²) in [5.74, 6) is -0.169. The molecular formula is C12H20N2O2. The SMILES string of the molecule is CNC(CNC(C)C)c1ccc(O)c(O)c1. The number of phenolic OH excluding ortho intramolecular Hbond substituents is 2. The third-order valence-electron chi connectivity index (χ3n) is 2.48. The van der Waals surface area contributed by atoms with Gasteiger partial charge in [-0.25, -0.2) is 0 Å². The zero-order valence-corrected chi connectivity index (χ0v) is 9.99. The molecule has 0 aliphatic rings. The smallest absolute Gasteiger partial charge is 0.157 e. The van der Waals surface area contributed by atoms with Crippen molar-refractivity contribution in [2.75, 3.05) is 13.6 Å². The maximum Gasteiger partial charge on any atom is 0.157 e. The lowest BCUT2D eigenvalue weighted by atomic mass is 10.1. The molecular weight excluding hydrogens is 204 g/mol. The minimum atomic E-state index is -0.0876. The highest BCUT2D eigenvalue weighted by Crippen LogP contribution is 2.27. The molecule has 16 heavy (non-hydrogen) atoms. The zero-order valence-electron chi connectivity index (χ0n) is 9.99. The lowest BCUT2D eigenvalue weighted by Crippen LogP contribution is -2.33. The van der Waals surface area contributed by atoms with E-state index in [9.17, 15) is 10.2 Å². The van der Waals surface area contributed by atoms with Crippen LogP contribution in [0.2, 0.25) is 0 Å². The first-order valence-corrected chi connectivity index (χ1v) is 5.47. The van der Waals surface area contributed by atoms with Crippen molar-refractivity contribution in [2.45, 2.75) is 25.9 Å². The van der Waals surface area contributed by atoms with Gasteiger partial charge in [0.25, 0.3) is 0 Å². The van der Waals surface area contributed by atoms with Gasteiger partial charge in [-0.3, -0.25) is 0 Å². The van der Waals surface area contributed by atoms with E-state index in [1.807, 2.05) is 7.05 Å². The van der Waals surface area contributed by atoms with Gasteiger partial charge in [0.05, 0.1) is 0 Å². The van der Waals surface area contributed by atoms with Gasteiger partial charge in [-0.1, -0.05) is 19.9 Å².